The molecule has 4 saturated carbocycles. The Morgan fingerprint density at radius 2 is 1.54 bits per heavy atom. The van der Waals surface area contributed by atoms with Crippen LogP contribution in [0.2, 0.25) is 0 Å². The summed E-state index contributed by atoms with van der Waals surface area (Å²) in [4.78, 5) is 25.3. The van der Waals surface area contributed by atoms with E-state index < -0.39 is 0 Å². The van der Waals surface area contributed by atoms with Gasteiger partial charge in [0.1, 0.15) is 6.10 Å². The molecule has 0 amide bonds. The molecule has 0 N–H and O–H groups in total. The van der Waals surface area contributed by atoms with Gasteiger partial charge in [-0.3, -0.25) is 9.59 Å². The third kappa shape index (κ3) is 3.58. The van der Waals surface area contributed by atoms with Gasteiger partial charge in [-0.2, -0.15) is 0 Å². The van der Waals surface area contributed by atoms with Crippen molar-refractivity contribution in [2.24, 2.45) is 50.2 Å². The van der Waals surface area contributed by atoms with Gasteiger partial charge in [0.05, 0.1) is 12.5 Å². The fourth-order valence-corrected chi connectivity index (χ4v) is 11.2. The highest BCUT2D eigenvalue weighted by molar-refractivity contribution is 5.77. The normalized spacial score (nSPS) is 47.8. The molecule has 0 aliphatic heterocycles. The maximum Gasteiger partial charge on any atom is 0.312 e. The Morgan fingerprint density at radius 1 is 0.865 bits per heavy atom. The van der Waals surface area contributed by atoms with Gasteiger partial charge in [-0.25, -0.2) is 0 Å². The largest absolute Gasteiger partial charge is 0.469 e. The molecule has 0 aromatic carbocycles. The number of allylic oxidation sites excluding steroid dienone is 2. The first-order valence-electron chi connectivity index (χ1n) is 15.0. The molecule has 4 fully saturated rings. The van der Waals surface area contributed by atoms with Crippen LogP contribution >= 0.6 is 0 Å². The molecule has 0 spiro atoms. The predicted octanol–water partition coefficient (Wildman–Crippen LogP) is 7.89. The minimum atomic E-state index is -0.304. The third-order valence-electron chi connectivity index (χ3n) is 13.4. The second-order valence-corrected chi connectivity index (χ2v) is 15.8. The van der Waals surface area contributed by atoms with Crippen LogP contribution in [0.25, 0.3) is 0 Å². The van der Waals surface area contributed by atoms with Crippen molar-refractivity contribution in [2.75, 3.05) is 7.11 Å². The van der Waals surface area contributed by atoms with Crippen molar-refractivity contribution in [1.29, 1.82) is 0 Å². The number of hydrogen-bond donors (Lipinski definition) is 0. The van der Waals surface area contributed by atoms with E-state index in [4.69, 9.17) is 9.47 Å². The minimum absolute atomic E-state index is 0.000203. The number of esters is 2. The van der Waals surface area contributed by atoms with Crippen LogP contribution in [0.5, 0.6) is 0 Å². The molecule has 0 unspecified atom stereocenters. The van der Waals surface area contributed by atoms with Gasteiger partial charge in [-0.05, 0) is 104 Å². The number of carbonyl (C=O) groups is 2. The van der Waals surface area contributed by atoms with Gasteiger partial charge in [0.2, 0.25) is 0 Å². The SMILES string of the molecule is COC(=O)[C@]12CCC(C)(C)C[C@H]1[C@H]1CC=C3[C@@]4(C)CC[C@H](OC(C)=O)C(C)(C)[C@@H]4CC[C@@]3(C)[C@]1(C)CC2. The number of carbonyl (C=O) groups excluding carboxylic acids is 2. The van der Waals surface area contributed by atoms with Crippen molar-refractivity contribution in [3.63, 3.8) is 0 Å². The lowest BCUT2D eigenvalue weighted by molar-refractivity contribution is -0.197. The average Bonchev–Trinajstić information content (AvgIpc) is 2.80. The Hall–Kier alpha value is -1.32. The Balaban J connectivity index is 1.55. The zero-order chi connectivity index (χ0) is 27.2. The van der Waals surface area contributed by atoms with E-state index in [0.717, 1.165) is 51.4 Å². The zero-order valence-corrected chi connectivity index (χ0v) is 25.1. The van der Waals surface area contributed by atoms with E-state index in [1.165, 1.54) is 12.8 Å². The first kappa shape index (κ1) is 27.3. The van der Waals surface area contributed by atoms with Gasteiger partial charge >= 0.3 is 11.9 Å². The molecule has 0 bridgehead atoms. The van der Waals surface area contributed by atoms with Crippen LogP contribution in [0.1, 0.15) is 120 Å². The summed E-state index contributed by atoms with van der Waals surface area (Å²) in [5.41, 5.74) is 2.05. The first-order valence-corrected chi connectivity index (χ1v) is 15.0. The van der Waals surface area contributed by atoms with E-state index in [2.05, 4.69) is 54.5 Å². The Morgan fingerprint density at radius 3 is 2.19 bits per heavy atom. The molecule has 37 heavy (non-hydrogen) atoms. The minimum Gasteiger partial charge on any atom is -0.469 e. The molecule has 0 radical (unpaired) electrons. The fourth-order valence-electron chi connectivity index (χ4n) is 11.2. The summed E-state index contributed by atoms with van der Waals surface area (Å²) in [6.07, 6.45) is 13.4. The number of hydrogen-bond acceptors (Lipinski definition) is 4. The summed E-state index contributed by atoms with van der Waals surface area (Å²) in [5, 5.41) is 0. The van der Waals surface area contributed by atoms with E-state index in [1.807, 2.05) is 0 Å². The lowest BCUT2D eigenvalue weighted by atomic mass is 9.34. The van der Waals surface area contributed by atoms with Crippen molar-refractivity contribution < 1.29 is 19.1 Å². The van der Waals surface area contributed by atoms with Crippen molar-refractivity contribution in [2.45, 2.75) is 126 Å². The van der Waals surface area contributed by atoms with Crippen molar-refractivity contribution in [3.8, 4) is 0 Å². The Bertz CT molecular complexity index is 1010. The van der Waals surface area contributed by atoms with Crippen LogP contribution < -0.4 is 0 Å². The summed E-state index contributed by atoms with van der Waals surface area (Å²) >= 11 is 0. The van der Waals surface area contributed by atoms with Crippen molar-refractivity contribution in [3.05, 3.63) is 11.6 Å². The van der Waals surface area contributed by atoms with E-state index in [-0.39, 0.29) is 50.5 Å². The highest BCUT2D eigenvalue weighted by Gasteiger charge is 2.69. The second kappa shape index (κ2) is 8.34. The van der Waals surface area contributed by atoms with Crippen LogP contribution in [0.15, 0.2) is 11.6 Å². The molecule has 4 heteroatoms. The molecular weight excluding hydrogens is 460 g/mol. The molecule has 4 nitrogen and oxygen atoms in total. The van der Waals surface area contributed by atoms with Crippen LogP contribution in [-0.2, 0) is 19.1 Å². The lowest BCUT2D eigenvalue weighted by Gasteiger charge is -2.70. The maximum absolute atomic E-state index is 13.4. The quantitative estimate of drug-likeness (QED) is 0.279. The van der Waals surface area contributed by atoms with Crippen LogP contribution in [0.3, 0.4) is 0 Å². The van der Waals surface area contributed by atoms with Gasteiger partial charge in [0, 0.05) is 12.3 Å². The number of methoxy groups -OCH3 is 1. The molecule has 5 rings (SSSR count). The monoisotopic (exact) mass is 512 g/mol. The second-order valence-electron chi connectivity index (χ2n) is 15.8. The Kier molecular flexibility index (Phi) is 6.14. The van der Waals surface area contributed by atoms with E-state index >= 15 is 0 Å². The van der Waals surface area contributed by atoms with Crippen molar-refractivity contribution in [1.82, 2.24) is 0 Å². The molecular formula is C33H52O4. The first-order chi connectivity index (χ1) is 17.1. The number of ether oxygens (including phenoxy) is 2. The molecule has 0 saturated heterocycles. The highest BCUT2D eigenvalue weighted by atomic mass is 16.5. The van der Waals surface area contributed by atoms with Crippen LogP contribution in [-0.4, -0.2) is 25.2 Å². The summed E-state index contributed by atoms with van der Waals surface area (Å²) in [5.74, 6) is 1.30. The molecule has 0 heterocycles. The van der Waals surface area contributed by atoms with Gasteiger partial charge in [0.15, 0.2) is 0 Å². The molecule has 5 aliphatic rings. The summed E-state index contributed by atoms with van der Waals surface area (Å²) in [7, 11) is 1.60. The summed E-state index contributed by atoms with van der Waals surface area (Å²) in [6.45, 7) is 18.7. The predicted molar refractivity (Wildman–Crippen MR) is 147 cm³/mol. The third-order valence-corrected chi connectivity index (χ3v) is 13.4. The topological polar surface area (TPSA) is 52.6 Å². The fraction of sp³-hybridized carbons (Fsp3) is 0.879. The maximum atomic E-state index is 13.4. The van der Waals surface area contributed by atoms with Crippen LogP contribution in [0, 0.1) is 50.2 Å². The average molecular weight is 513 g/mol. The molecule has 0 aromatic heterocycles. The van der Waals surface area contributed by atoms with Gasteiger partial charge < -0.3 is 9.47 Å². The van der Waals surface area contributed by atoms with E-state index in [0.29, 0.717) is 17.8 Å². The van der Waals surface area contributed by atoms with Gasteiger partial charge in [-0.15, -0.1) is 0 Å². The molecule has 208 valence electrons. The zero-order valence-electron chi connectivity index (χ0n) is 25.1. The molecule has 0 aromatic rings. The standard InChI is InChI=1S/C33H52O4/c1-21(34)37-26-13-14-30(6)24(29(26,4)5)12-15-32(8)25(30)11-10-22-23-20-28(2,3)16-18-33(23,27(35)36-9)19-17-31(22,32)7/h11,22-24,26H,10,12-20H2,1-9H3/t22-,23+,24+,26+,30+,31-,32-,33+/m1/s1. The van der Waals surface area contributed by atoms with Crippen molar-refractivity contribution >= 4 is 11.9 Å². The summed E-state index contributed by atoms with van der Waals surface area (Å²) in [6, 6.07) is 0. The molecule has 5 aliphatic carbocycles. The van der Waals surface area contributed by atoms with Crippen LogP contribution in [0.4, 0.5) is 0 Å². The van der Waals surface area contributed by atoms with E-state index in [1.54, 1.807) is 19.6 Å². The van der Waals surface area contributed by atoms with E-state index in [9.17, 15) is 9.59 Å². The smallest absolute Gasteiger partial charge is 0.312 e. The number of fused-ring (bicyclic) bond motifs is 7. The highest BCUT2D eigenvalue weighted by Crippen LogP contribution is 2.75. The summed E-state index contributed by atoms with van der Waals surface area (Å²) < 4.78 is 11.4. The number of rotatable bonds is 2. The molecule has 8 atom stereocenters. The lowest BCUT2D eigenvalue weighted by Crippen LogP contribution is -2.64. The Labute approximate surface area is 225 Å². The van der Waals surface area contributed by atoms with Gasteiger partial charge in [0.25, 0.3) is 0 Å². The van der Waals surface area contributed by atoms with Gasteiger partial charge in [-0.1, -0.05) is 60.1 Å².